The standard InChI is InChI=1S/C22H22ClN3O5S2/c1-14-4-5-17(12-15(14)2)26-33(30,31)19-9-6-16(7-10-19)24-22(27)20-13-18(8-11-21(20)23)25-32(3,28)29/h4-13,25-26H,1-3H3,(H,24,27). The number of sulfonamides is 2. The van der Waals surface area contributed by atoms with Gasteiger partial charge in [-0.25, -0.2) is 16.8 Å². The number of anilines is 3. The Morgan fingerprint density at radius 2 is 1.33 bits per heavy atom. The molecule has 0 aliphatic carbocycles. The molecule has 11 heteroatoms. The number of carbonyl (C=O) groups is 1. The molecule has 0 atom stereocenters. The van der Waals surface area contributed by atoms with Gasteiger partial charge in [0.2, 0.25) is 10.0 Å². The zero-order chi connectivity index (χ0) is 24.4. The number of amides is 1. The molecule has 0 aromatic heterocycles. The number of rotatable bonds is 7. The summed E-state index contributed by atoms with van der Waals surface area (Å²) in [7, 11) is -7.34. The fourth-order valence-electron chi connectivity index (χ4n) is 2.91. The molecule has 0 aliphatic rings. The van der Waals surface area contributed by atoms with Crippen LogP contribution < -0.4 is 14.8 Å². The predicted molar refractivity (Wildman–Crippen MR) is 131 cm³/mol. The third-order valence-electron chi connectivity index (χ3n) is 4.70. The molecule has 0 aliphatic heterocycles. The minimum atomic E-state index is -3.82. The summed E-state index contributed by atoms with van der Waals surface area (Å²) in [6.07, 6.45) is 0.992. The smallest absolute Gasteiger partial charge is 0.261 e. The maximum Gasteiger partial charge on any atom is 0.261 e. The molecular formula is C22H22ClN3O5S2. The van der Waals surface area contributed by atoms with Gasteiger partial charge in [0.25, 0.3) is 15.9 Å². The van der Waals surface area contributed by atoms with E-state index in [2.05, 4.69) is 14.8 Å². The van der Waals surface area contributed by atoms with Crippen molar-refractivity contribution < 1.29 is 21.6 Å². The lowest BCUT2D eigenvalue weighted by Crippen LogP contribution is -2.15. The van der Waals surface area contributed by atoms with Crippen molar-refractivity contribution in [2.45, 2.75) is 18.7 Å². The summed E-state index contributed by atoms with van der Waals surface area (Å²) >= 11 is 6.09. The van der Waals surface area contributed by atoms with Crippen molar-refractivity contribution in [2.24, 2.45) is 0 Å². The van der Waals surface area contributed by atoms with Crippen LogP contribution >= 0.6 is 11.6 Å². The average molecular weight is 508 g/mol. The maximum atomic E-state index is 12.7. The van der Waals surface area contributed by atoms with E-state index >= 15 is 0 Å². The van der Waals surface area contributed by atoms with Gasteiger partial charge in [-0.05, 0) is 79.6 Å². The highest BCUT2D eigenvalue weighted by Crippen LogP contribution is 2.24. The van der Waals surface area contributed by atoms with Crippen molar-refractivity contribution in [1.29, 1.82) is 0 Å². The van der Waals surface area contributed by atoms with Gasteiger partial charge in [-0.3, -0.25) is 14.2 Å². The molecule has 3 aromatic rings. The lowest BCUT2D eigenvalue weighted by molar-refractivity contribution is 0.102. The van der Waals surface area contributed by atoms with Crippen LogP contribution in [0.1, 0.15) is 21.5 Å². The molecule has 0 radical (unpaired) electrons. The summed E-state index contributed by atoms with van der Waals surface area (Å²) in [5.41, 5.74) is 3.04. The summed E-state index contributed by atoms with van der Waals surface area (Å²) in [4.78, 5) is 12.7. The van der Waals surface area contributed by atoms with Crippen LogP contribution in [0, 0.1) is 13.8 Å². The Labute approximate surface area is 198 Å². The molecule has 0 spiro atoms. The Balaban J connectivity index is 1.76. The number of halogens is 1. The molecular weight excluding hydrogens is 486 g/mol. The van der Waals surface area contributed by atoms with Gasteiger partial charge in [-0.15, -0.1) is 0 Å². The maximum absolute atomic E-state index is 12.7. The third-order valence-corrected chi connectivity index (χ3v) is 7.03. The summed E-state index contributed by atoms with van der Waals surface area (Å²) in [6.45, 7) is 3.83. The number of carbonyl (C=O) groups excluding carboxylic acids is 1. The summed E-state index contributed by atoms with van der Waals surface area (Å²) in [5.74, 6) is -0.582. The molecule has 0 unspecified atom stereocenters. The van der Waals surface area contributed by atoms with Crippen LogP contribution in [0.15, 0.2) is 65.6 Å². The Morgan fingerprint density at radius 1 is 0.758 bits per heavy atom. The number of nitrogens with one attached hydrogen (secondary N) is 3. The molecule has 1 amide bonds. The molecule has 0 bridgehead atoms. The molecule has 33 heavy (non-hydrogen) atoms. The number of benzene rings is 3. The first-order chi connectivity index (χ1) is 15.3. The van der Waals surface area contributed by atoms with Gasteiger partial charge in [0.1, 0.15) is 0 Å². The largest absolute Gasteiger partial charge is 0.322 e. The fourth-order valence-corrected chi connectivity index (χ4v) is 4.72. The molecule has 3 rings (SSSR count). The van der Waals surface area contributed by atoms with E-state index in [1.54, 1.807) is 12.1 Å². The molecule has 0 saturated carbocycles. The second kappa shape index (κ2) is 9.42. The van der Waals surface area contributed by atoms with Crippen molar-refractivity contribution in [1.82, 2.24) is 0 Å². The van der Waals surface area contributed by atoms with E-state index in [0.717, 1.165) is 17.4 Å². The van der Waals surface area contributed by atoms with E-state index in [0.29, 0.717) is 11.4 Å². The van der Waals surface area contributed by atoms with Gasteiger partial charge < -0.3 is 5.32 Å². The monoisotopic (exact) mass is 507 g/mol. The first kappa shape index (κ1) is 24.6. The van der Waals surface area contributed by atoms with Crippen LogP contribution in [0.3, 0.4) is 0 Å². The SMILES string of the molecule is Cc1ccc(NS(=O)(=O)c2ccc(NC(=O)c3cc(NS(C)(=O)=O)ccc3Cl)cc2)cc1C. The van der Waals surface area contributed by atoms with Crippen LogP contribution in [0.4, 0.5) is 17.1 Å². The van der Waals surface area contributed by atoms with Gasteiger partial charge in [-0.2, -0.15) is 0 Å². The van der Waals surface area contributed by atoms with E-state index in [4.69, 9.17) is 11.6 Å². The first-order valence-corrected chi connectivity index (χ1v) is 13.4. The van der Waals surface area contributed by atoms with Gasteiger partial charge in [0, 0.05) is 17.1 Å². The fraction of sp³-hybridized carbons (Fsp3) is 0.136. The zero-order valence-corrected chi connectivity index (χ0v) is 20.4. The number of aryl methyl sites for hydroxylation is 2. The summed E-state index contributed by atoms with van der Waals surface area (Å²) in [5, 5.41) is 2.74. The van der Waals surface area contributed by atoms with Gasteiger partial charge in [0.05, 0.1) is 21.7 Å². The van der Waals surface area contributed by atoms with Crippen molar-refractivity contribution in [3.8, 4) is 0 Å². The molecule has 174 valence electrons. The average Bonchev–Trinajstić information content (AvgIpc) is 2.71. The highest BCUT2D eigenvalue weighted by Gasteiger charge is 2.16. The number of hydrogen-bond donors (Lipinski definition) is 3. The molecule has 3 N–H and O–H groups in total. The first-order valence-electron chi connectivity index (χ1n) is 9.63. The molecule has 0 saturated heterocycles. The minimum Gasteiger partial charge on any atom is -0.322 e. The van der Waals surface area contributed by atoms with Crippen LogP contribution in [0.2, 0.25) is 5.02 Å². The predicted octanol–water partition coefficient (Wildman–Crippen LogP) is 4.38. The van der Waals surface area contributed by atoms with E-state index in [1.807, 2.05) is 19.9 Å². The lowest BCUT2D eigenvalue weighted by atomic mass is 10.1. The van der Waals surface area contributed by atoms with Crippen molar-refractivity contribution >= 4 is 54.6 Å². The van der Waals surface area contributed by atoms with Crippen molar-refractivity contribution in [3.63, 3.8) is 0 Å². The Hall–Kier alpha value is -3.08. The van der Waals surface area contributed by atoms with Crippen LogP contribution in [0.25, 0.3) is 0 Å². The minimum absolute atomic E-state index is 0.0242. The second-order valence-corrected chi connectivity index (χ2v) is 11.3. The quantitative estimate of drug-likeness (QED) is 0.438. The van der Waals surface area contributed by atoms with E-state index in [9.17, 15) is 21.6 Å². The topological polar surface area (TPSA) is 121 Å². The Bertz CT molecular complexity index is 1420. The highest BCUT2D eigenvalue weighted by atomic mass is 35.5. The van der Waals surface area contributed by atoms with Crippen LogP contribution in [-0.2, 0) is 20.0 Å². The van der Waals surface area contributed by atoms with E-state index in [1.165, 1.54) is 42.5 Å². The molecule has 8 nitrogen and oxygen atoms in total. The highest BCUT2D eigenvalue weighted by molar-refractivity contribution is 7.92. The van der Waals surface area contributed by atoms with Gasteiger partial charge >= 0.3 is 0 Å². The molecule has 0 heterocycles. The Morgan fingerprint density at radius 3 is 1.94 bits per heavy atom. The molecule has 0 fully saturated rings. The Kier molecular flexibility index (Phi) is 7.01. The van der Waals surface area contributed by atoms with Crippen molar-refractivity contribution in [2.75, 3.05) is 21.0 Å². The third kappa shape index (κ3) is 6.47. The van der Waals surface area contributed by atoms with E-state index in [-0.39, 0.29) is 21.2 Å². The van der Waals surface area contributed by atoms with Crippen LogP contribution in [-0.4, -0.2) is 29.0 Å². The van der Waals surface area contributed by atoms with Crippen LogP contribution in [0.5, 0.6) is 0 Å². The summed E-state index contributed by atoms with van der Waals surface area (Å²) in [6, 6.07) is 15.0. The number of hydrogen-bond acceptors (Lipinski definition) is 5. The van der Waals surface area contributed by atoms with Gasteiger partial charge in [-0.1, -0.05) is 17.7 Å². The van der Waals surface area contributed by atoms with E-state index < -0.39 is 26.0 Å². The molecule has 3 aromatic carbocycles. The van der Waals surface area contributed by atoms with Gasteiger partial charge in [0.15, 0.2) is 0 Å². The second-order valence-electron chi connectivity index (χ2n) is 7.45. The summed E-state index contributed by atoms with van der Waals surface area (Å²) < 4.78 is 53.0. The zero-order valence-electron chi connectivity index (χ0n) is 18.0. The lowest BCUT2D eigenvalue weighted by Gasteiger charge is -2.12. The van der Waals surface area contributed by atoms with Crippen molar-refractivity contribution in [3.05, 3.63) is 82.4 Å². The normalized spacial score (nSPS) is 11.6.